The number of nitrogens with zero attached hydrogens (tertiary/aromatic N) is 1. The van der Waals surface area contributed by atoms with Gasteiger partial charge in [-0.3, -0.25) is 0 Å². The number of likely N-dealkylation sites (N-methyl/N-ethyl adjacent to an activating group) is 2. The third-order valence-corrected chi connectivity index (χ3v) is 3.53. The summed E-state index contributed by atoms with van der Waals surface area (Å²) >= 11 is 0. The Morgan fingerprint density at radius 3 is 2.50 bits per heavy atom. The zero-order valence-corrected chi connectivity index (χ0v) is 11.9. The minimum absolute atomic E-state index is 0.153. The van der Waals surface area contributed by atoms with Crippen LogP contribution in [0.15, 0.2) is 24.3 Å². The summed E-state index contributed by atoms with van der Waals surface area (Å²) < 4.78 is 13.7. The van der Waals surface area contributed by atoms with Crippen molar-refractivity contribution in [1.29, 1.82) is 0 Å². The molecule has 0 aliphatic carbocycles. The third-order valence-electron chi connectivity index (χ3n) is 3.53. The minimum Gasteiger partial charge on any atom is -0.371 e. The Hall–Kier alpha value is -1.09. The summed E-state index contributed by atoms with van der Waals surface area (Å²) in [6.45, 7) is 8.31. The molecule has 2 nitrogen and oxygen atoms in total. The first-order valence-electron chi connectivity index (χ1n) is 6.79. The Balaban J connectivity index is 2.72. The highest BCUT2D eigenvalue weighted by Crippen LogP contribution is 2.19. The van der Waals surface area contributed by atoms with E-state index < -0.39 is 0 Å². The molecule has 0 amide bonds. The summed E-state index contributed by atoms with van der Waals surface area (Å²) in [4.78, 5) is 1.99. The van der Waals surface area contributed by atoms with Gasteiger partial charge in [0.2, 0.25) is 0 Å². The van der Waals surface area contributed by atoms with Gasteiger partial charge in [-0.1, -0.05) is 39.3 Å². The molecule has 0 saturated heterocycles. The maximum Gasteiger partial charge on any atom is 0.146 e. The van der Waals surface area contributed by atoms with Gasteiger partial charge in [-0.05, 0) is 24.6 Å². The lowest BCUT2D eigenvalue weighted by Crippen LogP contribution is -2.43. The van der Waals surface area contributed by atoms with Crippen LogP contribution in [0.5, 0.6) is 0 Å². The van der Waals surface area contributed by atoms with Crippen LogP contribution in [-0.4, -0.2) is 26.2 Å². The molecule has 0 saturated carbocycles. The first-order chi connectivity index (χ1) is 8.60. The van der Waals surface area contributed by atoms with Crippen LogP contribution < -0.4 is 10.2 Å². The molecule has 0 aliphatic heterocycles. The van der Waals surface area contributed by atoms with Gasteiger partial charge >= 0.3 is 0 Å². The lowest BCUT2D eigenvalue weighted by molar-refractivity contribution is 0.375. The van der Waals surface area contributed by atoms with E-state index in [0.717, 1.165) is 19.5 Å². The van der Waals surface area contributed by atoms with Crippen molar-refractivity contribution < 1.29 is 4.39 Å². The van der Waals surface area contributed by atoms with Gasteiger partial charge in [-0.15, -0.1) is 0 Å². The molecule has 1 rings (SSSR count). The van der Waals surface area contributed by atoms with E-state index >= 15 is 0 Å². The number of para-hydroxylation sites is 1. The highest BCUT2D eigenvalue weighted by atomic mass is 19.1. The van der Waals surface area contributed by atoms with Gasteiger partial charge < -0.3 is 10.2 Å². The van der Waals surface area contributed by atoms with Crippen LogP contribution in [0.4, 0.5) is 10.1 Å². The van der Waals surface area contributed by atoms with E-state index in [1.54, 1.807) is 6.07 Å². The van der Waals surface area contributed by atoms with Crippen LogP contribution in [0.25, 0.3) is 0 Å². The maximum atomic E-state index is 13.7. The van der Waals surface area contributed by atoms with E-state index in [2.05, 4.69) is 26.1 Å². The van der Waals surface area contributed by atoms with Crippen molar-refractivity contribution in [3.05, 3.63) is 30.1 Å². The summed E-state index contributed by atoms with van der Waals surface area (Å²) in [6.07, 6.45) is 1.13. The molecule has 3 heteroatoms. The van der Waals surface area contributed by atoms with E-state index in [9.17, 15) is 4.39 Å². The molecule has 18 heavy (non-hydrogen) atoms. The molecule has 0 aromatic heterocycles. The molecule has 0 spiro atoms. The summed E-state index contributed by atoms with van der Waals surface area (Å²) in [5, 5.41) is 3.49. The predicted molar refractivity (Wildman–Crippen MR) is 76.6 cm³/mol. The van der Waals surface area contributed by atoms with Gasteiger partial charge in [0.15, 0.2) is 0 Å². The summed E-state index contributed by atoms with van der Waals surface area (Å²) in [5.74, 6) is 0.429. The molecule has 0 heterocycles. The number of anilines is 1. The number of halogens is 1. The summed E-state index contributed by atoms with van der Waals surface area (Å²) in [6, 6.07) is 7.33. The Bertz CT molecular complexity index is 354. The fraction of sp³-hybridized carbons (Fsp3) is 0.600. The van der Waals surface area contributed by atoms with Gasteiger partial charge in [0.25, 0.3) is 0 Å². The van der Waals surface area contributed by atoms with E-state index in [-0.39, 0.29) is 5.82 Å². The first-order valence-corrected chi connectivity index (χ1v) is 6.79. The molecule has 1 N–H and O–H groups in total. The molecule has 0 fully saturated rings. The van der Waals surface area contributed by atoms with E-state index in [1.807, 2.05) is 24.1 Å². The van der Waals surface area contributed by atoms with E-state index in [4.69, 9.17) is 0 Å². The number of hydrogen-bond acceptors (Lipinski definition) is 2. The largest absolute Gasteiger partial charge is 0.371 e. The lowest BCUT2D eigenvalue weighted by Gasteiger charge is -2.30. The molecule has 1 aromatic carbocycles. The van der Waals surface area contributed by atoms with Gasteiger partial charge in [0.1, 0.15) is 5.82 Å². The topological polar surface area (TPSA) is 15.3 Å². The Morgan fingerprint density at radius 1 is 1.28 bits per heavy atom. The SMILES string of the molecule is CCNC(CN(C)c1ccccc1F)C(C)CC. The van der Waals surface area contributed by atoms with Crippen molar-refractivity contribution >= 4 is 5.69 Å². The van der Waals surface area contributed by atoms with Crippen molar-refractivity contribution in [2.45, 2.75) is 33.2 Å². The zero-order chi connectivity index (χ0) is 13.5. The Labute approximate surface area is 110 Å². The summed E-state index contributed by atoms with van der Waals surface area (Å²) in [5.41, 5.74) is 0.670. The van der Waals surface area contributed by atoms with Crippen LogP contribution in [0.2, 0.25) is 0 Å². The Kier molecular flexibility index (Phi) is 6.13. The fourth-order valence-electron chi connectivity index (χ4n) is 2.15. The Morgan fingerprint density at radius 2 is 1.94 bits per heavy atom. The monoisotopic (exact) mass is 252 g/mol. The maximum absolute atomic E-state index is 13.7. The van der Waals surface area contributed by atoms with Crippen LogP contribution in [-0.2, 0) is 0 Å². The highest BCUT2D eigenvalue weighted by Gasteiger charge is 2.18. The quantitative estimate of drug-likeness (QED) is 0.801. The normalized spacial score (nSPS) is 14.3. The third kappa shape index (κ3) is 3.98. The predicted octanol–water partition coefficient (Wildman–Crippen LogP) is 3.29. The van der Waals surface area contributed by atoms with Crippen molar-refractivity contribution in [3.8, 4) is 0 Å². The standard InChI is InChI=1S/C15H25FN2/c1-5-12(3)14(17-6-2)11-18(4)15-10-8-7-9-13(15)16/h7-10,12,14,17H,5-6,11H2,1-4H3. The van der Waals surface area contributed by atoms with E-state index in [1.165, 1.54) is 6.07 Å². The van der Waals surface area contributed by atoms with Crippen LogP contribution >= 0.6 is 0 Å². The zero-order valence-electron chi connectivity index (χ0n) is 11.9. The number of nitrogens with one attached hydrogen (secondary N) is 1. The van der Waals surface area contributed by atoms with Gasteiger partial charge in [0.05, 0.1) is 5.69 Å². The average molecular weight is 252 g/mol. The highest BCUT2D eigenvalue weighted by molar-refractivity contribution is 5.46. The number of rotatable bonds is 7. The fourth-order valence-corrected chi connectivity index (χ4v) is 2.15. The van der Waals surface area contributed by atoms with Gasteiger partial charge in [-0.2, -0.15) is 0 Å². The van der Waals surface area contributed by atoms with Crippen molar-refractivity contribution in [1.82, 2.24) is 5.32 Å². The molecule has 102 valence electrons. The second-order valence-electron chi connectivity index (χ2n) is 4.88. The number of hydrogen-bond donors (Lipinski definition) is 1. The van der Waals surface area contributed by atoms with Crippen LogP contribution in [0.3, 0.4) is 0 Å². The second-order valence-corrected chi connectivity index (χ2v) is 4.88. The number of benzene rings is 1. The smallest absolute Gasteiger partial charge is 0.146 e. The van der Waals surface area contributed by atoms with E-state index in [0.29, 0.717) is 17.6 Å². The van der Waals surface area contributed by atoms with Crippen LogP contribution in [0.1, 0.15) is 27.2 Å². The molecule has 2 unspecified atom stereocenters. The molecule has 1 aromatic rings. The first kappa shape index (κ1) is 15.0. The molecular formula is C15H25FN2. The summed E-state index contributed by atoms with van der Waals surface area (Å²) in [7, 11) is 1.95. The minimum atomic E-state index is -0.153. The van der Waals surface area contributed by atoms with Crippen molar-refractivity contribution in [2.24, 2.45) is 5.92 Å². The molecular weight excluding hydrogens is 227 g/mol. The molecule has 0 bridgehead atoms. The lowest BCUT2D eigenvalue weighted by atomic mass is 9.98. The van der Waals surface area contributed by atoms with Crippen molar-refractivity contribution in [2.75, 3.05) is 25.0 Å². The van der Waals surface area contributed by atoms with Gasteiger partial charge in [-0.25, -0.2) is 4.39 Å². The second kappa shape index (κ2) is 7.37. The molecule has 0 aliphatic rings. The van der Waals surface area contributed by atoms with Gasteiger partial charge in [0, 0.05) is 19.6 Å². The molecule has 2 atom stereocenters. The van der Waals surface area contributed by atoms with Crippen molar-refractivity contribution in [3.63, 3.8) is 0 Å². The average Bonchev–Trinajstić information content (AvgIpc) is 2.37. The molecule has 0 radical (unpaired) electrons. The van der Waals surface area contributed by atoms with Crippen LogP contribution in [0, 0.1) is 11.7 Å².